The van der Waals surface area contributed by atoms with Crippen LogP contribution < -0.4 is 10.1 Å². The molecule has 10 rings (SSSR count). The highest BCUT2D eigenvalue weighted by Crippen LogP contribution is 2.49. The Labute approximate surface area is 378 Å². The summed E-state index contributed by atoms with van der Waals surface area (Å²) in [6, 6.07) is 64.0. The van der Waals surface area contributed by atoms with Gasteiger partial charge in [-0.05, 0) is 132 Å². The molecule has 0 spiro atoms. The van der Waals surface area contributed by atoms with Gasteiger partial charge in [0.1, 0.15) is 5.82 Å². The molecule has 0 bridgehead atoms. The van der Waals surface area contributed by atoms with Gasteiger partial charge < -0.3 is 4.90 Å². The number of anilines is 3. The Morgan fingerprint density at radius 1 is 0.469 bits per heavy atom. The molecule has 10 aromatic rings. The zero-order chi connectivity index (χ0) is 44.1. The number of nitrogens with zero attached hydrogens (tertiary/aromatic N) is 4. The highest BCUT2D eigenvalue weighted by Gasteiger charge is 2.28. The van der Waals surface area contributed by atoms with Crippen LogP contribution in [0.3, 0.4) is 0 Å². The first-order valence-electron chi connectivity index (χ1n) is 22.2. The predicted octanol–water partition coefficient (Wildman–Crippen LogP) is 15.5. The summed E-state index contributed by atoms with van der Waals surface area (Å²) in [5.41, 5.74) is 18.3. The smallest absolute Gasteiger partial charge is 0.137 e. The van der Waals surface area contributed by atoms with Gasteiger partial charge in [-0.3, -0.25) is 9.55 Å². The third-order valence-electron chi connectivity index (χ3n) is 12.8. The standard InChI is InChI=1S/C59H52N4Si/c1-39-18-15-19-40(2)56(39)58-51-31-29-47(37-54(51)63(55-28-13-14-33-60-55)59(58)57-41(3)20-16-21-42(57)4)62(53-27-17-25-44-24-11-12-26-50(44)53)48-35-45(43-22-9-8-10-23-43)34-46(36-48)52-32-30-49(38-61-52)64(5,6)7/h8-38H,1-7H3. The van der Waals surface area contributed by atoms with Gasteiger partial charge in [0, 0.05) is 51.2 Å². The lowest BCUT2D eigenvalue weighted by Gasteiger charge is -2.28. The van der Waals surface area contributed by atoms with E-state index < -0.39 is 8.07 Å². The van der Waals surface area contributed by atoms with Gasteiger partial charge in [-0.2, -0.15) is 0 Å². The second-order valence-electron chi connectivity index (χ2n) is 18.1. The quantitative estimate of drug-likeness (QED) is 0.136. The van der Waals surface area contributed by atoms with E-state index >= 15 is 0 Å². The van der Waals surface area contributed by atoms with Crippen molar-refractivity contribution in [2.45, 2.75) is 47.3 Å². The Balaban J connectivity index is 1.32. The van der Waals surface area contributed by atoms with Gasteiger partial charge in [0.15, 0.2) is 0 Å². The lowest BCUT2D eigenvalue weighted by molar-refractivity contribution is 1.05. The highest BCUT2D eigenvalue weighted by atomic mass is 28.3. The van der Waals surface area contributed by atoms with Crippen LogP contribution in [-0.4, -0.2) is 22.6 Å². The van der Waals surface area contributed by atoms with Crippen LogP contribution in [0.15, 0.2) is 188 Å². The molecule has 0 aliphatic rings. The van der Waals surface area contributed by atoms with E-state index in [-0.39, 0.29) is 0 Å². The van der Waals surface area contributed by atoms with Crippen molar-refractivity contribution in [3.05, 3.63) is 211 Å². The first kappa shape index (κ1) is 40.7. The average Bonchev–Trinajstić information content (AvgIpc) is 3.62. The molecule has 0 atom stereocenters. The number of hydrogen-bond donors (Lipinski definition) is 0. The number of aryl methyl sites for hydroxylation is 4. The number of pyridine rings is 2. The molecule has 0 aliphatic heterocycles. The molecule has 4 nitrogen and oxygen atoms in total. The van der Waals surface area contributed by atoms with Crippen molar-refractivity contribution in [3.63, 3.8) is 0 Å². The Kier molecular flexibility index (Phi) is 10.4. The fourth-order valence-corrected chi connectivity index (χ4v) is 10.6. The van der Waals surface area contributed by atoms with Crippen LogP contribution in [0.1, 0.15) is 22.3 Å². The molecule has 3 heterocycles. The average molecular weight is 845 g/mol. The van der Waals surface area contributed by atoms with E-state index in [9.17, 15) is 0 Å². The van der Waals surface area contributed by atoms with E-state index in [0.717, 1.165) is 56.5 Å². The van der Waals surface area contributed by atoms with Crippen LogP contribution in [-0.2, 0) is 0 Å². The maximum absolute atomic E-state index is 5.14. The molecule has 3 aromatic heterocycles. The summed E-state index contributed by atoms with van der Waals surface area (Å²) >= 11 is 0. The van der Waals surface area contributed by atoms with E-state index in [1.54, 1.807) is 0 Å². The van der Waals surface area contributed by atoms with Crippen LogP contribution in [0.5, 0.6) is 0 Å². The van der Waals surface area contributed by atoms with Crippen LogP contribution in [0.25, 0.3) is 72.3 Å². The zero-order valence-corrected chi connectivity index (χ0v) is 38.7. The largest absolute Gasteiger partial charge is 0.310 e. The summed E-state index contributed by atoms with van der Waals surface area (Å²) in [7, 11) is -1.55. The predicted molar refractivity (Wildman–Crippen MR) is 275 cm³/mol. The van der Waals surface area contributed by atoms with Gasteiger partial charge in [0.05, 0.1) is 30.7 Å². The Morgan fingerprint density at radius 2 is 1.12 bits per heavy atom. The highest BCUT2D eigenvalue weighted by molar-refractivity contribution is 6.88. The number of aromatic nitrogens is 3. The van der Waals surface area contributed by atoms with E-state index in [2.05, 4.69) is 233 Å². The van der Waals surface area contributed by atoms with Gasteiger partial charge in [0.25, 0.3) is 0 Å². The van der Waals surface area contributed by atoms with Gasteiger partial charge >= 0.3 is 0 Å². The van der Waals surface area contributed by atoms with Gasteiger partial charge in [-0.15, -0.1) is 0 Å². The summed E-state index contributed by atoms with van der Waals surface area (Å²) in [5, 5.41) is 4.87. The fraction of sp³-hybridized carbons (Fsp3) is 0.119. The van der Waals surface area contributed by atoms with Crippen molar-refractivity contribution in [3.8, 4) is 50.6 Å². The molecular weight excluding hydrogens is 793 g/mol. The molecule has 0 N–H and O–H groups in total. The van der Waals surface area contributed by atoms with Crippen molar-refractivity contribution >= 4 is 52.0 Å². The van der Waals surface area contributed by atoms with E-state index in [0.29, 0.717) is 0 Å². The topological polar surface area (TPSA) is 34.0 Å². The molecule has 0 unspecified atom stereocenters. The minimum atomic E-state index is -1.55. The molecule has 64 heavy (non-hydrogen) atoms. The molecule has 0 fully saturated rings. The van der Waals surface area contributed by atoms with Crippen LogP contribution in [0.4, 0.5) is 17.1 Å². The Morgan fingerprint density at radius 3 is 1.81 bits per heavy atom. The SMILES string of the molecule is Cc1cccc(C)c1-c1c(-c2c(C)cccc2C)n(-c2ccccn2)c2cc(N(c3cc(-c4ccccc4)cc(-c4ccc([Si](C)(C)C)cn4)c3)c3cccc4ccccc34)ccc12. The molecule has 5 heteroatoms. The summed E-state index contributed by atoms with van der Waals surface area (Å²) < 4.78 is 2.41. The summed E-state index contributed by atoms with van der Waals surface area (Å²) in [4.78, 5) is 12.7. The van der Waals surface area contributed by atoms with Crippen molar-refractivity contribution in [1.82, 2.24) is 14.5 Å². The minimum absolute atomic E-state index is 0.873. The second-order valence-corrected chi connectivity index (χ2v) is 23.2. The van der Waals surface area contributed by atoms with Crippen molar-refractivity contribution < 1.29 is 0 Å². The summed E-state index contributed by atoms with van der Waals surface area (Å²) in [5.74, 6) is 0.873. The third-order valence-corrected chi connectivity index (χ3v) is 14.8. The monoisotopic (exact) mass is 844 g/mol. The first-order valence-corrected chi connectivity index (χ1v) is 25.7. The van der Waals surface area contributed by atoms with E-state index in [4.69, 9.17) is 9.97 Å². The second kappa shape index (κ2) is 16.4. The van der Waals surface area contributed by atoms with Crippen LogP contribution >= 0.6 is 0 Å². The van der Waals surface area contributed by atoms with E-state index in [1.807, 2.05) is 12.3 Å². The molecule has 0 saturated heterocycles. The third kappa shape index (κ3) is 7.32. The lowest BCUT2D eigenvalue weighted by atomic mass is 9.89. The number of hydrogen-bond acceptors (Lipinski definition) is 3. The van der Waals surface area contributed by atoms with Crippen LogP contribution in [0, 0.1) is 27.7 Å². The maximum atomic E-state index is 5.14. The van der Waals surface area contributed by atoms with Crippen LogP contribution in [0.2, 0.25) is 19.6 Å². The van der Waals surface area contributed by atoms with Gasteiger partial charge in [0.2, 0.25) is 0 Å². The van der Waals surface area contributed by atoms with Crippen molar-refractivity contribution in [1.29, 1.82) is 0 Å². The van der Waals surface area contributed by atoms with Crippen molar-refractivity contribution in [2.24, 2.45) is 0 Å². The zero-order valence-electron chi connectivity index (χ0n) is 37.7. The molecule has 0 amide bonds. The fourth-order valence-electron chi connectivity index (χ4n) is 9.55. The van der Waals surface area contributed by atoms with Gasteiger partial charge in [-0.1, -0.05) is 141 Å². The van der Waals surface area contributed by atoms with Gasteiger partial charge in [-0.25, -0.2) is 4.98 Å². The van der Waals surface area contributed by atoms with Crippen molar-refractivity contribution in [2.75, 3.05) is 4.90 Å². The lowest BCUT2D eigenvalue weighted by Crippen LogP contribution is -2.37. The molecule has 312 valence electrons. The molecule has 7 aromatic carbocycles. The normalized spacial score (nSPS) is 11.7. The molecular formula is C59H52N4Si. The number of fused-ring (bicyclic) bond motifs is 2. The number of rotatable bonds is 9. The molecule has 0 aliphatic carbocycles. The molecule has 0 saturated carbocycles. The summed E-state index contributed by atoms with van der Waals surface area (Å²) in [6.45, 7) is 16.1. The summed E-state index contributed by atoms with van der Waals surface area (Å²) in [6.07, 6.45) is 4.00. The Bertz CT molecular complexity index is 3300. The molecule has 0 radical (unpaired) electrons. The minimum Gasteiger partial charge on any atom is -0.310 e. The first-order chi connectivity index (χ1) is 31.0. The maximum Gasteiger partial charge on any atom is 0.137 e. The number of benzene rings is 7. The Hall–Kier alpha value is -7.34. The van der Waals surface area contributed by atoms with E-state index in [1.165, 1.54) is 60.3 Å².